The number of carbonyl (C=O) groups excluding carboxylic acids is 3. The van der Waals surface area contributed by atoms with Gasteiger partial charge in [0.05, 0.1) is 17.8 Å². The van der Waals surface area contributed by atoms with E-state index >= 15 is 0 Å². The van der Waals surface area contributed by atoms with Crippen LogP contribution in [0.2, 0.25) is 0 Å². The molecule has 0 amide bonds. The summed E-state index contributed by atoms with van der Waals surface area (Å²) < 4.78 is 16.2. The average Bonchev–Trinajstić information content (AvgIpc) is 2.86. The molecule has 0 saturated heterocycles. The van der Waals surface area contributed by atoms with Gasteiger partial charge in [-0.15, -0.1) is 0 Å². The number of fused-ring (bicyclic) bond motifs is 6. The predicted molar refractivity (Wildman–Crippen MR) is 145 cm³/mol. The highest BCUT2D eigenvalue weighted by molar-refractivity contribution is 6.27. The standard InChI is InChI=1S/C30H30O9/c1-13(2)28(34)37-25-10-19-16(7-22(25)31)20-11-26(38-29(35)14(3)4)24(33)9-18(20)21-12-27(23(32)8-17(19)21)39-30(36)15(5)6/h7-15,31-33H,1-6H3. The second kappa shape index (κ2) is 10.3. The van der Waals surface area contributed by atoms with E-state index in [1.165, 1.54) is 36.4 Å². The Kier molecular flexibility index (Phi) is 7.28. The smallest absolute Gasteiger partial charge is 0.313 e. The minimum atomic E-state index is -0.548. The molecule has 3 N–H and O–H groups in total. The molecule has 0 heterocycles. The van der Waals surface area contributed by atoms with Crippen LogP contribution in [0.5, 0.6) is 34.5 Å². The van der Waals surface area contributed by atoms with Gasteiger partial charge in [0.15, 0.2) is 34.5 Å². The number of carbonyl (C=O) groups is 3. The van der Waals surface area contributed by atoms with Crippen LogP contribution in [0.15, 0.2) is 36.4 Å². The number of esters is 3. The Morgan fingerprint density at radius 3 is 0.872 bits per heavy atom. The average molecular weight is 535 g/mol. The Hall–Kier alpha value is -4.53. The molecular formula is C30H30O9. The maximum atomic E-state index is 12.3. The summed E-state index contributed by atoms with van der Waals surface area (Å²) in [6.07, 6.45) is 0. The van der Waals surface area contributed by atoms with E-state index in [-0.39, 0.29) is 34.5 Å². The SMILES string of the molecule is CC(C)C(=O)Oc1cc2c(cc1O)c1cc(OC(=O)C(C)C)c(O)cc1c1cc(OC(=O)C(C)C)c(O)cc21. The third kappa shape index (κ3) is 5.25. The van der Waals surface area contributed by atoms with Crippen LogP contribution < -0.4 is 14.2 Å². The van der Waals surface area contributed by atoms with E-state index in [4.69, 9.17) is 14.2 Å². The lowest BCUT2D eigenvalue weighted by Gasteiger charge is -2.17. The van der Waals surface area contributed by atoms with Gasteiger partial charge < -0.3 is 29.5 Å². The zero-order chi connectivity index (χ0) is 28.8. The molecule has 9 heteroatoms. The van der Waals surface area contributed by atoms with Gasteiger partial charge in [0, 0.05) is 0 Å². The minimum absolute atomic E-state index is 0.0816. The Balaban J connectivity index is 2.08. The predicted octanol–water partition coefficient (Wildman–Crippen LogP) is 5.95. The van der Waals surface area contributed by atoms with E-state index in [0.717, 1.165) is 0 Å². The number of aromatic hydroxyl groups is 3. The van der Waals surface area contributed by atoms with Crippen LogP contribution in [0.25, 0.3) is 32.3 Å². The van der Waals surface area contributed by atoms with Crippen LogP contribution in [0.1, 0.15) is 41.5 Å². The largest absolute Gasteiger partial charge is 0.504 e. The minimum Gasteiger partial charge on any atom is -0.504 e. The van der Waals surface area contributed by atoms with Gasteiger partial charge in [0.25, 0.3) is 0 Å². The molecule has 4 aromatic carbocycles. The number of benzene rings is 4. The molecule has 0 saturated carbocycles. The summed E-state index contributed by atoms with van der Waals surface area (Å²) in [6, 6.07) is 8.61. The van der Waals surface area contributed by atoms with E-state index in [9.17, 15) is 29.7 Å². The Morgan fingerprint density at radius 2 is 0.667 bits per heavy atom. The zero-order valence-corrected chi connectivity index (χ0v) is 22.5. The van der Waals surface area contributed by atoms with Gasteiger partial charge in [-0.25, -0.2) is 0 Å². The molecule has 0 spiro atoms. The van der Waals surface area contributed by atoms with Gasteiger partial charge >= 0.3 is 17.9 Å². The Labute approximate surface area is 224 Å². The topological polar surface area (TPSA) is 140 Å². The first-order chi connectivity index (χ1) is 18.3. The molecule has 0 aliphatic rings. The fourth-order valence-corrected chi connectivity index (χ4v) is 3.97. The maximum Gasteiger partial charge on any atom is 0.313 e. The van der Waals surface area contributed by atoms with Crippen LogP contribution in [-0.4, -0.2) is 33.2 Å². The molecule has 9 nitrogen and oxygen atoms in total. The molecule has 0 bridgehead atoms. The molecular weight excluding hydrogens is 504 g/mol. The molecule has 0 aliphatic carbocycles. The Morgan fingerprint density at radius 1 is 0.462 bits per heavy atom. The molecule has 0 unspecified atom stereocenters. The number of phenolic OH excluding ortho intramolecular Hbond substituents is 3. The van der Waals surface area contributed by atoms with E-state index in [0.29, 0.717) is 32.3 Å². The van der Waals surface area contributed by atoms with Crippen molar-refractivity contribution in [2.75, 3.05) is 0 Å². The van der Waals surface area contributed by atoms with Gasteiger partial charge in [-0.2, -0.15) is 0 Å². The molecule has 4 rings (SSSR count). The fraction of sp³-hybridized carbons (Fsp3) is 0.300. The van der Waals surface area contributed by atoms with Crippen LogP contribution in [0, 0.1) is 17.8 Å². The maximum absolute atomic E-state index is 12.3. The number of ether oxygens (including phenoxy) is 3. The summed E-state index contributed by atoms with van der Waals surface area (Å²) in [5, 5.41) is 35.1. The highest BCUT2D eigenvalue weighted by Crippen LogP contribution is 2.46. The molecule has 0 aromatic heterocycles. The normalized spacial score (nSPS) is 11.6. The number of phenols is 3. The van der Waals surface area contributed by atoms with Crippen LogP contribution in [-0.2, 0) is 14.4 Å². The van der Waals surface area contributed by atoms with Crippen molar-refractivity contribution in [1.29, 1.82) is 0 Å². The Bertz CT molecular complexity index is 1420. The van der Waals surface area contributed by atoms with E-state index in [2.05, 4.69) is 0 Å². The fourth-order valence-electron chi connectivity index (χ4n) is 3.97. The molecule has 204 valence electrons. The van der Waals surface area contributed by atoms with E-state index in [1.807, 2.05) is 0 Å². The van der Waals surface area contributed by atoms with Gasteiger partial charge in [0.2, 0.25) is 0 Å². The van der Waals surface area contributed by atoms with Crippen molar-refractivity contribution in [3.63, 3.8) is 0 Å². The van der Waals surface area contributed by atoms with Crippen LogP contribution >= 0.6 is 0 Å². The summed E-state index contributed by atoms with van der Waals surface area (Å²) in [5.41, 5.74) is 0. The first-order valence-electron chi connectivity index (χ1n) is 12.6. The monoisotopic (exact) mass is 534 g/mol. The summed E-state index contributed by atoms with van der Waals surface area (Å²) in [5.74, 6) is -4.15. The van der Waals surface area contributed by atoms with Crippen molar-refractivity contribution in [3.05, 3.63) is 36.4 Å². The highest BCUT2D eigenvalue weighted by atomic mass is 16.6. The van der Waals surface area contributed by atoms with Crippen molar-refractivity contribution in [2.45, 2.75) is 41.5 Å². The lowest BCUT2D eigenvalue weighted by atomic mass is 9.93. The first kappa shape index (κ1) is 27.5. The highest BCUT2D eigenvalue weighted by Gasteiger charge is 2.22. The summed E-state index contributed by atoms with van der Waals surface area (Å²) >= 11 is 0. The third-order valence-electron chi connectivity index (χ3n) is 6.21. The van der Waals surface area contributed by atoms with Gasteiger partial charge in [-0.3, -0.25) is 14.4 Å². The second-order valence-corrected chi connectivity index (χ2v) is 10.3. The molecule has 0 fully saturated rings. The number of rotatable bonds is 6. The van der Waals surface area contributed by atoms with Crippen LogP contribution in [0.4, 0.5) is 0 Å². The summed E-state index contributed by atoms with van der Waals surface area (Å²) in [7, 11) is 0. The number of hydrogen-bond acceptors (Lipinski definition) is 9. The first-order valence-corrected chi connectivity index (χ1v) is 12.6. The van der Waals surface area contributed by atoms with E-state index in [1.54, 1.807) is 41.5 Å². The zero-order valence-electron chi connectivity index (χ0n) is 22.5. The second-order valence-electron chi connectivity index (χ2n) is 10.3. The quantitative estimate of drug-likeness (QED) is 0.156. The molecule has 0 aliphatic heterocycles. The van der Waals surface area contributed by atoms with E-state index < -0.39 is 35.7 Å². The molecule has 0 radical (unpaired) electrons. The third-order valence-corrected chi connectivity index (χ3v) is 6.21. The van der Waals surface area contributed by atoms with Crippen molar-refractivity contribution >= 4 is 50.2 Å². The number of hydrogen-bond donors (Lipinski definition) is 3. The molecule has 4 aromatic rings. The van der Waals surface area contributed by atoms with Crippen molar-refractivity contribution in [3.8, 4) is 34.5 Å². The van der Waals surface area contributed by atoms with Crippen molar-refractivity contribution in [2.24, 2.45) is 17.8 Å². The molecule has 0 atom stereocenters. The van der Waals surface area contributed by atoms with Crippen LogP contribution in [0.3, 0.4) is 0 Å². The van der Waals surface area contributed by atoms with Gasteiger partial charge in [0.1, 0.15) is 0 Å². The van der Waals surface area contributed by atoms with Gasteiger partial charge in [-0.1, -0.05) is 41.5 Å². The summed E-state index contributed by atoms with van der Waals surface area (Å²) in [4.78, 5) is 36.8. The lowest BCUT2D eigenvalue weighted by molar-refractivity contribution is -0.138. The summed E-state index contributed by atoms with van der Waals surface area (Å²) in [6.45, 7) is 9.96. The van der Waals surface area contributed by atoms with Crippen molar-refractivity contribution < 1.29 is 43.9 Å². The molecule has 39 heavy (non-hydrogen) atoms. The van der Waals surface area contributed by atoms with Gasteiger partial charge in [-0.05, 0) is 68.7 Å². The lowest BCUT2D eigenvalue weighted by Crippen LogP contribution is -2.15. The van der Waals surface area contributed by atoms with Crippen molar-refractivity contribution in [1.82, 2.24) is 0 Å².